The predicted octanol–water partition coefficient (Wildman–Crippen LogP) is 3.30. The Kier molecular flexibility index (Phi) is 4.74. The van der Waals surface area contributed by atoms with Gasteiger partial charge in [-0.25, -0.2) is 0 Å². The van der Waals surface area contributed by atoms with Crippen LogP contribution in [0.25, 0.3) is 0 Å². The molecule has 0 spiro atoms. The van der Waals surface area contributed by atoms with Crippen LogP contribution in [0.2, 0.25) is 0 Å². The fourth-order valence-electron chi connectivity index (χ4n) is 1.67. The lowest BCUT2D eigenvalue weighted by Gasteiger charge is -2.16. The monoisotopic (exact) mass is 310 g/mol. The molecule has 1 aromatic carbocycles. The second-order valence-electron chi connectivity index (χ2n) is 3.79. The maximum absolute atomic E-state index is 5.82. The van der Waals surface area contributed by atoms with Gasteiger partial charge in [-0.1, -0.05) is 30.3 Å². The van der Waals surface area contributed by atoms with Crippen molar-refractivity contribution in [3.05, 3.63) is 56.7 Å². The summed E-state index contributed by atoms with van der Waals surface area (Å²) in [7, 11) is 0. The lowest BCUT2D eigenvalue weighted by atomic mass is 10.2. The van der Waals surface area contributed by atoms with Gasteiger partial charge in [0, 0.05) is 22.4 Å². The SMILES string of the molecule is NCC(NCc1ccccc1)c1sccc1Br. The third-order valence-corrected chi connectivity index (χ3v) is 4.58. The first kappa shape index (κ1) is 12.8. The highest BCUT2D eigenvalue weighted by Gasteiger charge is 2.13. The Morgan fingerprint density at radius 1 is 1.24 bits per heavy atom. The van der Waals surface area contributed by atoms with E-state index in [1.165, 1.54) is 10.4 Å². The zero-order valence-electron chi connectivity index (χ0n) is 9.40. The fourth-order valence-corrected chi connectivity index (χ4v) is 3.41. The van der Waals surface area contributed by atoms with Gasteiger partial charge in [0.15, 0.2) is 0 Å². The summed E-state index contributed by atoms with van der Waals surface area (Å²) in [6, 6.07) is 12.6. The van der Waals surface area contributed by atoms with Crippen molar-refractivity contribution in [1.29, 1.82) is 0 Å². The van der Waals surface area contributed by atoms with Gasteiger partial charge in [-0.05, 0) is 32.9 Å². The van der Waals surface area contributed by atoms with E-state index in [1.54, 1.807) is 11.3 Å². The molecule has 1 aromatic heterocycles. The number of benzene rings is 1. The number of thiophene rings is 1. The van der Waals surface area contributed by atoms with Crippen LogP contribution >= 0.6 is 27.3 Å². The molecule has 1 heterocycles. The van der Waals surface area contributed by atoms with Gasteiger partial charge in [0.05, 0.1) is 6.04 Å². The first-order valence-corrected chi connectivity index (χ1v) is 7.19. The number of hydrogen-bond donors (Lipinski definition) is 2. The minimum absolute atomic E-state index is 0.213. The van der Waals surface area contributed by atoms with Crippen molar-refractivity contribution in [2.45, 2.75) is 12.6 Å². The van der Waals surface area contributed by atoms with Crippen LogP contribution in [0.3, 0.4) is 0 Å². The summed E-state index contributed by atoms with van der Waals surface area (Å²) < 4.78 is 1.14. The Morgan fingerprint density at radius 2 is 2.00 bits per heavy atom. The molecule has 0 saturated carbocycles. The van der Waals surface area contributed by atoms with E-state index in [2.05, 4.69) is 57.0 Å². The van der Waals surface area contributed by atoms with E-state index in [-0.39, 0.29) is 6.04 Å². The Labute approximate surface area is 114 Å². The van der Waals surface area contributed by atoms with Crippen molar-refractivity contribution in [3.8, 4) is 0 Å². The molecule has 2 rings (SSSR count). The van der Waals surface area contributed by atoms with Crippen molar-refractivity contribution in [3.63, 3.8) is 0 Å². The van der Waals surface area contributed by atoms with Gasteiger partial charge >= 0.3 is 0 Å². The fraction of sp³-hybridized carbons (Fsp3) is 0.231. The molecule has 0 amide bonds. The predicted molar refractivity (Wildman–Crippen MR) is 77.1 cm³/mol. The van der Waals surface area contributed by atoms with Crippen LogP contribution in [0.4, 0.5) is 0 Å². The smallest absolute Gasteiger partial charge is 0.0553 e. The lowest BCUT2D eigenvalue weighted by Crippen LogP contribution is -2.27. The van der Waals surface area contributed by atoms with Gasteiger partial charge in [-0.15, -0.1) is 11.3 Å². The van der Waals surface area contributed by atoms with Gasteiger partial charge in [0.25, 0.3) is 0 Å². The molecule has 4 heteroatoms. The molecule has 0 saturated heterocycles. The summed E-state index contributed by atoms with van der Waals surface area (Å²) in [5, 5.41) is 5.56. The van der Waals surface area contributed by atoms with E-state index in [0.717, 1.165) is 11.0 Å². The molecule has 17 heavy (non-hydrogen) atoms. The van der Waals surface area contributed by atoms with Crippen molar-refractivity contribution >= 4 is 27.3 Å². The Balaban J connectivity index is 2.00. The summed E-state index contributed by atoms with van der Waals surface area (Å²) in [6.45, 7) is 1.44. The van der Waals surface area contributed by atoms with Crippen LogP contribution in [0, 0.1) is 0 Å². The van der Waals surface area contributed by atoms with E-state index in [9.17, 15) is 0 Å². The minimum atomic E-state index is 0.213. The molecular formula is C13H15BrN2S. The zero-order chi connectivity index (χ0) is 12.1. The zero-order valence-corrected chi connectivity index (χ0v) is 11.8. The number of nitrogens with two attached hydrogens (primary N) is 1. The molecule has 90 valence electrons. The number of hydrogen-bond acceptors (Lipinski definition) is 3. The van der Waals surface area contributed by atoms with Crippen LogP contribution in [-0.4, -0.2) is 6.54 Å². The molecule has 2 nitrogen and oxygen atoms in total. The average Bonchev–Trinajstić information content (AvgIpc) is 2.78. The summed E-state index contributed by atoms with van der Waals surface area (Å²) in [4.78, 5) is 1.27. The summed E-state index contributed by atoms with van der Waals surface area (Å²) >= 11 is 5.28. The van der Waals surface area contributed by atoms with Crippen LogP contribution in [0.1, 0.15) is 16.5 Å². The first-order valence-electron chi connectivity index (χ1n) is 5.51. The largest absolute Gasteiger partial charge is 0.329 e. The number of rotatable bonds is 5. The summed E-state index contributed by atoms with van der Waals surface area (Å²) in [5.41, 5.74) is 7.10. The summed E-state index contributed by atoms with van der Waals surface area (Å²) in [5.74, 6) is 0. The maximum Gasteiger partial charge on any atom is 0.0553 e. The second-order valence-corrected chi connectivity index (χ2v) is 5.59. The number of halogens is 1. The van der Waals surface area contributed by atoms with Crippen LogP contribution in [-0.2, 0) is 6.54 Å². The molecule has 3 N–H and O–H groups in total. The lowest BCUT2D eigenvalue weighted by molar-refractivity contribution is 0.548. The van der Waals surface area contributed by atoms with E-state index < -0.39 is 0 Å². The normalized spacial score (nSPS) is 12.6. The molecule has 0 radical (unpaired) electrons. The topological polar surface area (TPSA) is 38.0 Å². The highest BCUT2D eigenvalue weighted by atomic mass is 79.9. The third-order valence-electron chi connectivity index (χ3n) is 2.59. The third kappa shape index (κ3) is 3.39. The molecule has 0 aliphatic carbocycles. The maximum atomic E-state index is 5.82. The quantitative estimate of drug-likeness (QED) is 0.889. The van der Waals surface area contributed by atoms with Crippen molar-refractivity contribution in [2.24, 2.45) is 5.73 Å². The molecule has 0 fully saturated rings. The Morgan fingerprint density at radius 3 is 2.59 bits per heavy atom. The van der Waals surface area contributed by atoms with Gasteiger partial charge in [0.2, 0.25) is 0 Å². The molecule has 2 aromatic rings. The van der Waals surface area contributed by atoms with Gasteiger partial charge < -0.3 is 11.1 Å². The molecule has 1 atom stereocenters. The van der Waals surface area contributed by atoms with E-state index in [1.807, 2.05) is 6.07 Å². The van der Waals surface area contributed by atoms with E-state index in [0.29, 0.717) is 6.54 Å². The van der Waals surface area contributed by atoms with Crippen molar-refractivity contribution in [1.82, 2.24) is 5.32 Å². The van der Waals surface area contributed by atoms with Crippen LogP contribution in [0.15, 0.2) is 46.3 Å². The molecular weight excluding hydrogens is 296 g/mol. The Hall–Kier alpha value is -0.680. The molecule has 0 aliphatic rings. The van der Waals surface area contributed by atoms with Crippen LogP contribution < -0.4 is 11.1 Å². The molecule has 0 bridgehead atoms. The first-order chi connectivity index (χ1) is 8.31. The molecule has 0 aliphatic heterocycles. The summed E-state index contributed by atoms with van der Waals surface area (Å²) in [6.07, 6.45) is 0. The van der Waals surface area contributed by atoms with E-state index in [4.69, 9.17) is 5.73 Å². The average molecular weight is 311 g/mol. The second kappa shape index (κ2) is 6.31. The highest BCUT2D eigenvalue weighted by molar-refractivity contribution is 9.10. The Bertz CT molecular complexity index is 455. The van der Waals surface area contributed by atoms with Crippen molar-refractivity contribution < 1.29 is 0 Å². The number of nitrogens with one attached hydrogen (secondary N) is 1. The van der Waals surface area contributed by atoms with Crippen molar-refractivity contribution in [2.75, 3.05) is 6.54 Å². The standard InChI is InChI=1S/C13H15BrN2S/c14-11-6-7-17-13(11)12(8-15)16-9-10-4-2-1-3-5-10/h1-7,12,16H,8-9,15H2. The minimum Gasteiger partial charge on any atom is -0.329 e. The van der Waals surface area contributed by atoms with Gasteiger partial charge in [0.1, 0.15) is 0 Å². The van der Waals surface area contributed by atoms with Crippen LogP contribution in [0.5, 0.6) is 0 Å². The highest BCUT2D eigenvalue weighted by Crippen LogP contribution is 2.28. The van der Waals surface area contributed by atoms with Gasteiger partial charge in [-0.2, -0.15) is 0 Å². The van der Waals surface area contributed by atoms with Gasteiger partial charge in [-0.3, -0.25) is 0 Å². The molecule has 1 unspecified atom stereocenters. The van der Waals surface area contributed by atoms with E-state index >= 15 is 0 Å².